The molecule has 0 saturated carbocycles. The molecular formula is C9H9BF4NO2-. The van der Waals surface area contributed by atoms with Crippen molar-refractivity contribution in [1.29, 1.82) is 0 Å². The molecule has 0 bridgehead atoms. The molecule has 0 amide bonds. The smallest absolute Gasteiger partial charge is 0.480 e. The Morgan fingerprint density at radius 1 is 1.41 bits per heavy atom. The lowest BCUT2D eigenvalue weighted by atomic mass is 9.79. The fourth-order valence-electron chi connectivity index (χ4n) is 1.26. The van der Waals surface area contributed by atoms with Gasteiger partial charge >= 0.3 is 12.9 Å². The summed E-state index contributed by atoms with van der Waals surface area (Å²) >= 11 is 0. The zero-order valence-corrected chi connectivity index (χ0v) is 8.54. The molecule has 0 unspecified atom stereocenters. The van der Waals surface area contributed by atoms with E-state index in [0.29, 0.717) is 12.1 Å². The number of carboxylic acid groups (broad SMARTS) is 1. The molecule has 1 rings (SSSR count). The van der Waals surface area contributed by atoms with Gasteiger partial charge in [-0.05, 0) is 5.56 Å². The molecule has 0 spiro atoms. The molecule has 0 fully saturated rings. The average Bonchev–Trinajstić information content (AvgIpc) is 2.19. The van der Waals surface area contributed by atoms with Gasteiger partial charge in [-0.25, -0.2) is 4.39 Å². The monoisotopic (exact) mass is 250 g/mol. The Morgan fingerprint density at radius 2 is 2.00 bits per heavy atom. The molecule has 0 aliphatic heterocycles. The van der Waals surface area contributed by atoms with E-state index in [4.69, 9.17) is 10.8 Å². The maximum Gasteiger partial charge on any atom is 0.509 e. The number of nitrogens with two attached hydrogens (primary N) is 1. The highest BCUT2D eigenvalue weighted by Gasteiger charge is 2.26. The van der Waals surface area contributed by atoms with Crippen LogP contribution in [0.4, 0.5) is 17.3 Å². The molecule has 8 heteroatoms. The van der Waals surface area contributed by atoms with Crippen LogP contribution >= 0.6 is 0 Å². The van der Waals surface area contributed by atoms with Gasteiger partial charge in [-0.1, -0.05) is 18.2 Å². The summed E-state index contributed by atoms with van der Waals surface area (Å²) in [5.74, 6) is -2.44. The molecule has 1 aromatic rings. The SMILES string of the molecule is N[C@@H](Cc1ccc([B-](F)(F)F)cc1F)C(=O)O. The molecule has 1 aromatic carbocycles. The summed E-state index contributed by atoms with van der Waals surface area (Å²) in [5.41, 5.74) is 3.95. The molecule has 1 atom stereocenters. The van der Waals surface area contributed by atoms with Crippen LogP contribution in [0.5, 0.6) is 0 Å². The fourth-order valence-corrected chi connectivity index (χ4v) is 1.26. The molecule has 0 saturated heterocycles. The number of benzene rings is 1. The number of carbonyl (C=O) groups is 1. The minimum atomic E-state index is -5.26. The third-order valence-corrected chi connectivity index (χ3v) is 2.21. The van der Waals surface area contributed by atoms with Crippen LogP contribution in [0.25, 0.3) is 0 Å². The number of aliphatic carboxylic acids is 1. The van der Waals surface area contributed by atoms with Crippen molar-refractivity contribution in [3.63, 3.8) is 0 Å². The molecule has 0 aliphatic carbocycles. The summed E-state index contributed by atoms with van der Waals surface area (Å²) in [4.78, 5) is 10.4. The van der Waals surface area contributed by atoms with Gasteiger partial charge in [-0.2, -0.15) is 0 Å². The minimum absolute atomic E-state index is 0.149. The summed E-state index contributed by atoms with van der Waals surface area (Å²) in [6.07, 6.45) is -0.355. The lowest BCUT2D eigenvalue weighted by Crippen LogP contribution is -2.35. The quantitative estimate of drug-likeness (QED) is 0.614. The van der Waals surface area contributed by atoms with E-state index in [1.807, 2.05) is 0 Å². The largest absolute Gasteiger partial charge is 0.509 e. The summed E-state index contributed by atoms with van der Waals surface area (Å²) in [5, 5.41) is 8.49. The van der Waals surface area contributed by atoms with Crippen molar-refractivity contribution < 1.29 is 27.2 Å². The number of hydrogen-bond acceptors (Lipinski definition) is 2. The summed E-state index contributed by atoms with van der Waals surface area (Å²) in [7, 11) is 0. The Bertz CT molecular complexity index is 435. The average molecular weight is 250 g/mol. The van der Waals surface area contributed by atoms with E-state index in [0.717, 1.165) is 6.07 Å². The predicted molar refractivity (Wildman–Crippen MR) is 54.4 cm³/mol. The van der Waals surface area contributed by atoms with Crippen LogP contribution in [0, 0.1) is 5.82 Å². The number of halogens is 4. The van der Waals surface area contributed by atoms with E-state index in [1.165, 1.54) is 0 Å². The van der Waals surface area contributed by atoms with Crippen molar-refractivity contribution in [3.05, 3.63) is 29.6 Å². The highest BCUT2D eigenvalue weighted by molar-refractivity contribution is 6.73. The van der Waals surface area contributed by atoms with E-state index in [1.54, 1.807) is 0 Å². The normalized spacial score (nSPS) is 13.5. The highest BCUT2D eigenvalue weighted by atomic mass is 19.4. The van der Waals surface area contributed by atoms with Gasteiger partial charge in [0.05, 0.1) is 0 Å². The van der Waals surface area contributed by atoms with Gasteiger partial charge < -0.3 is 23.8 Å². The molecule has 3 N–H and O–H groups in total. The zero-order chi connectivity index (χ0) is 13.2. The molecule has 0 radical (unpaired) electrons. The Hall–Kier alpha value is -1.57. The first-order valence-electron chi connectivity index (χ1n) is 4.68. The molecule has 0 aliphatic rings. The second kappa shape index (κ2) is 4.74. The Labute approximate surface area is 94.3 Å². The third kappa shape index (κ3) is 3.45. The lowest BCUT2D eigenvalue weighted by Gasteiger charge is -2.16. The number of hydrogen-bond donors (Lipinski definition) is 2. The van der Waals surface area contributed by atoms with Crippen LogP contribution in [0.15, 0.2) is 18.2 Å². The standard InChI is InChI=1S/C9H9BF4NO2/c11-7-4-6(10(12,13)14)2-1-5(7)3-8(15)9(16)17/h1-2,4,8H,3,15H2,(H,16,17)/q-1/t8-/m0/s1. The van der Waals surface area contributed by atoms with Crippen LogP contribution in [0.1, 0.15) is 5.56 Å². The molecule has 3 nitrogen and oxygen atoms in total. The Kier molecular flexibility index (Phi) is 3.77. The molecular weight excluding hydrogens is 241 g/mol. The van der Waals surface area contributed by atoms with Gasteiger partial charge in [0.15, 0.2) is 0 Å². The maximum absolute atomic E-state index is 13.3. The van der Waals surface area contributed by atoms with Crippen molar-refractivity contribution in [1.82, 2.24) is 0 Å². The van der Waals surface area contributed by atoms with E-state index < -0.39 is 30.3 Å². The second-order valence-electron chi connectivity index (χ2n) is 3.57. The van der Waals surface area contributed by atoms with Gasteiger partial charge in [0.1, 0.15) is 11.9 Å². The van der Waals surface area contributed by atoms with E-state index in [2.05, 4.69) is 0 Å². The molecule has 94 valence electrons. The molecule has 0 heterocycles. The molecule has 0 aromatic heterocycles. The highest BCUT2D eigenvalue weighted by Crippen LogP contribution is 2.13. The van der Waals surface area contributed by atoms with Gasteiger partial charge in [0.25, 0.3) is 0 Å². The fraction of sp³-hybridized carbons (Fsp3) is 0.222. The topological polar surface area (TPSA) is 63.3 Å². The van der Waals surface area contributed by atoms with Gasteiger partial charge in [-0.15, -0.1) is 5.46 Å². The maximum atomic E-state index is 13.3. The van der Waals surface area contributed by atoms with Crippen LogP contribution in [0.2, 0.25) is 0 Å². The Balaban J connectivity index is 2.95. The van der Waals surface area contributed by atoms with Crippen LogP contribution in [-0.4, -0.2) is 24.1 Å². The van der Waals surface area contributed by atoms with Crippen molar-refractivity contribution in [2.75, 3.05) is 0 Å². The molecule has 17 heavy (non-hydrogen) atoms. The summed E-state index contributed by atoms with van der Waals surface area (Å²) in [6.45, 7) is -5.26. The van der Waals surface area contributed by atoms with E-state index in [9.17, 15) is 22.1 Å². The van der Waals surface area contributed by atoms with Gasteiger partial charge in [0, 0.05) is 6.42 Å². The number of rotatable bonds is 4. The van der Waals surface area contributed by atoms with Crippen LogP contribution < -0.4 is 11.2 Å². The summed E-state index contributed by atoms with van der Waals surface area (Å²) < 4.78 is 50.1. The van der Waals surface area contributed by atoms with Crippen LogP contribution in [-0.2, 0) is 11.2 Å². The lowest BCUT2D eigenvalue weighted by molar-refractivity contribution is -0.138. The van der Waals surface area contributed by atoms with E-state index in [-0.39, 0.29) is 12.0 Å². The van der Waals surface area contributed by atoms with Gasteiger partial charge in [0.2, 0.25) is 0 Å². The zero-order valence-electron chi connectivity index (χ0n) is 8.54. The van der Waals surface area contributed by atoms with Gasteiger partial charge in [-0.3, -0.25) is 4.79 Å². The first kappa shape index (κ1) is 13.5. The third-order valence-electron chi connectivity index (χ3n) is 2.21. The Morgan fingerprint density at radius 3 is 2.41 bits per heavy atom. The summed E-state index contributed by atoms with van der Waals surface area (Å²) in [6, 6.07) is 0.631. The first-order valence-corrected chi connectivity index (χ1v) is 4.68. The predicted octanol–water partition coefficient (Wildman–Crippen LogP) is 0.835. The second-order valence-corrected chi connectivity index (χ2v) is 3.57. The first-order chi connectivity index (χ1) is 7.71. The minimum Gasteiger partial charge on any atom is -0.480 e. The van der Waals surface area contributed by atoms with Crippen molar-refractivity contribution in [3.8, 4) is 0 Å². The van der Waals surface area contributed by atoms with Crippen molar-refractivity contribution >= 4 is 18.4 Å². The van der Waals surface area contributed by atoms with Crippen molar-refractivity contribution in [2.45, 2.75) is 12.5 Å². The van der Waals surface area contributed by atoms with E-state index >= 15 is 0 Å². The van der Waals surface area contributed by atoms with Crippen molar-refractivity contribution in [2.24, 2.45) is 5.73 Å². The van der Waals surface area contributed by atoms with Crippen LogP contribution in [0.3, 0.4) is 0 Å². The number of carboxylic acids is 1.